The Bertz CT molecular complexity index is 562. The number of aryl methyl sites for hydroxylation is 1. The lowest BCUT2D eigenvalue weighted by atomic mass is 10.0. The van der Waals surface area contributed by atoms with Crippen molar-refractivity contribution in [2.24, 2.45) is 0 Å². The second-order valence-corrected chi connectivity index (χ2v) is 3.85. The zero-order valence-corrected chi connectivity index (χ0v) is 9.49. The highest BCUT2D eigenvalue weighted by molar-refractivity contribution is 5.63. The van der Waals surface area contributed by atoms with Crippen molar-refractivity contribution in [2.75, 3.05) is 5.73 Å². The first-order valence-corrected chi connectivity index (χ1v) is 5.13. The molecule has 2 rings (SSSR count). The Kier molecular flexibility index (Phi) is 2.94. The number of nitrogens with two attached hydrogens (primary N) is 1. The second kappa shape index (κ2) is 4.29. The lowest BCUT2D eigenvalue weighted by Gasteiger charge is -2.10. The van der Waals surface area contributed by atoms with E-state index in [1.807, 2.05) is 0 Å². The summed E-state index contributed by atoms with van der Waals surface area (Å²) < 4.78 is 37.5. The van der Waals surface area contributed by atoms with Gasteiger partial charge in [-0.3, -0.25) is 4.98 Å². The van der Waals surface area contributed by atoms with E-state index in [-0.39, 0.29) is 5.82 Å². The van der Waals surface area contributed by atoms with Crippen LogP contribution in [0.15, 0.2) is 30.6 Å². The molecule has 0 aliphatic rings. The molecule has 0 amide bonds. The van der Waals surface area contributed by atoms with Crippen molar-refractivity contribution in [3.63, 3.8) is 0 Å². The van der Waals surface area contributed by atoms with Crippen molar-refractivity contribution in [1.82, 2.24) is 9.97 Å². The van der Waals surface area contributed by atoms with Gasteiger partial charge in [-0.1, -0.05) is 6.07 Å². The number of alkyl halides is 3. The molecule has 0 saturated heterocycles. The maximum absolute atomic E-state index is 12.5. The molecule has 0 saturated carbocycles. The predicted molar refractivity (Wildman–Crippen MR) is 61.6 cm³/mol. The van der Waals surface area contributed by atoms with Gasteiger partial charge in [-0.05, 0) is 24.6 Å². The quantitative estimate of drug-likeness (QED) is 0.849. The largest absolute Gasteiger partial charge is 0.416 e. The number of nitrogen functional groups attached to an aromatic ring is 1. The van der Waals surface area contributed by atoms with E-state index in [0.29, 0.717) is 16.8 Å². The Balaban J connectivity index is 2.45. The summed E-state index contributed by atoms with van der Waals surface area (Å²) >= 11 is 0. The predicted octanol–water partition coefficient (Wildman–Crippen LogP) is 3.05. The molecule has 0 atom stereocenters. The van der Waals surface area contributed by atoms with Crippen molar-refractivity contribution in [1.29, 1.82) is 0 Å². The van der Waals surface area contributed by atoms with Crippen molar-refractivity contribution < 1.29 is 13.2 Å². The van der Waals surface area contributed by atoms with E-state index in [2.05, 4.69) is 9.97 Å². The van der Waals surface area contributed by atoms with Gasteiger partial charge in [0, 0.05) is 5.56 Å². The van der Waals surface area contributed by atoms with E-state index in [1.54, 1.807) is 6.92 Å². The van der Waals surface area contributed by atoms with Gasteiger partial charge in [-0.25, -0.2) is 4.98 Å². The number of anilines is 1. The molecule has 3 nitrogen and oxygen atoms in total. The van der Waals surface area contributed by atoms with E-state index in [9.17, 15) is 13.2 Å². The summed E-state index contributed by atoms with van der Waals surface area (Å²) in [5.74, 6) is 0.267. The Labute approximate surface area is 101 Å². The van der Waals surface area contributed by atoms with E-state index in [4.69, 9.17) is 5.73 Å². The fraction of sp³-hybridized carbons (Fsp3) is 0.167. The minimum Gasteiger partial charge on any atom is -0.382 e. The molecule has 0 unspecified atom stereocenters. The third-order valence-electron chi connectivity index (χ3n) is 2.50. The van der Waals surface area contributed by atoms with Gasteiger partial charge >= 0.3 is 6.18 Å². The summed E-state index contributed by atoms with van der Waals surface area (Å²) in [6.45, 7) is 1.60. The van der Waals surface area contributed by atoms with Gasteiger partial charge in [-0.2, -0.15) is 13.2 Å². The van der Waals surface area contributed by atoms with Gasteiger partial charge in [0.25, 0.3) is 0 Å². The average Bonchev–Trinajstić information content (AvgIpc) is 2.29. The van der Waals surface area contributed by atoms with Crippen LogP contribution in [0.2, 0.25) is 0 Å². The molecule has 0 aliphatic heterocycles. The zero-order valence-electron chi connectivity index (χ0n) is 9.49. The molecule has 6 heteroatoms. The van der Waals surface area contributed by atoms with Crippen LogP contribution in [0, 0.1) is 6.92 Å². The van der Waals surface area contributed by atoms with E-state index in [0.717, 1.165) is 12.1 Å². The van der Waals surface area contributed by atoms with E-state index in [1.165, 1.54) is 18.5 Å². The van der Waals surface area contributed by atoms with Gasteiger partial charge in [0.1, 0.15) is 5.82 Å². The third-order valence-corrected chi connectivity index (χ3v) is 2.50. The molecule has 1 aromatic heterocycles. The maximum Gasteiger partial charge on any atom is 0.416 e. The van der Waals surface area contributed by atoms with E-state index >= 15 is 0 Å². The summed E-state index contributed by atoms with van der Waals surface area (Å²) in [5, 5.41) is 0. The van der Waals surface area contributed by atoms with Crippen LogP contribution in [0.25, 0.3) is 11.3 Å². The zero-order chi connectivity index (χ0) is 13.3. The highest BCUT2D eigenvalue weighted by atomic mass is 19.4. The van der Waals surface area contributed by atoms with Gasteiger partial charge in [0.05, 0.1) is 23.7 Å². The first-order chi connectivity index (χ1) is 8.38. The summed E-state index contributed by atoms with van der Waals surface area (Å²) in [6, 6.07) is 3.51. The minimum absolute atomic E-state index is 0.267. The molecular formula is C12H10F3N3. The highest BCUT2D eigenvalue weighted by Crippen LogP contribution is 2.32. The standard InChI is InChI=1S/C12H10F3N3/c1-7-4-8(12(13,14)15)2-3-9(7)10-5-18-11(16)6-17-10/h2-6H,1H3,(H2,16,18). The lowest BCUT2D eigenvalue weighted by Crippen LogP contribution is -2.05. The van der Waals surface area contributed by atoms with Crippen molar-refractivity contribution in [3.8, 4) is 11.3 Å². The van der Waals surface area contributed by atoms with Crippen LogP contribution in [0.1, 0.15) is 11.1 Å². The SMILES string of the molecule is Cc1cc(C(F)(F)F)ccc1-c1cnc(N)cn1. The Hall–Kier alpha value is -2.11. The molecule has 18 heavy (non-hydrogen) atoms. The molecule has 0 spiro atoms. The van der Waals surface area contributed by atoms with Crippen LogP contribution in [-0.2, 0) is 6.18 Å². The number of hydrogen-bond donors (Lipinski definition) is 1. The molecule has 1 heterocycles. The molecule has 1 aromatic carbocycles. The van der Waals surface area contributed by atoms with Crippen LogP contribution in [-0.4, -0.2) is 9.97 Å². The maximum atomic E-state index is 12.5. The Morgan fingerprint density at radius 3 is 2.33 bits per heavy atom. The molecule has 0 bridgehead atoms. The minimum atomic E-state index is -4.34. The number of hydrogen-bond acceptors (Lipinski definition) is 3. The highest BCUT2D eigenvalue weighted by Gasteiger charge is 2.30. The Morgan fingerprint density at radius 2 is 1.83 bits per heavy atom. The topological polar surface area (TPSA) is 51.8 Å². The van der Waals surface area contributed by atoms with Crippen LogP contribution in [0.3, 0.4) is 0 Å². The molecule has 2 N–H and O–H groups in total. The average molecular weight is 253 g/mol. The number of nitrogens with zero attached hydrogens (tertiary/aromatic N) is 2. The summed E-state index contributed by atoms with van der Waals surface area (Å²) in [6.07, 6.45) is -1.53. The molecule has 0 radical (unpaired) electrons. The number of rotatable bonds is 1. The van der Waals surface area contributed by atoms with Crippen molar-refractivity contribution in [3.05, 3.63) is 41.7 Å². The van der Waals surface area contributed by atoms with Gasteiger partial charge in [0.2, 0.25) is 0 Å². The van der Waals surface area contributed by atoms with Crippen LogP contribution in [0.5, 0.6) is 0 Å². The van der Waals surface area contributed by atoms with Crippen LogP contribution in [0.4, 0.5) is 19.0 Å². The van der Waals surface area contributed by atoms with Gasteiger partial charge in [0.15, 0.2) is 0 Å². The summed E-state index contributed by atoms with van der Waals surface area (Å²) in [5.41, 5.74) is 6.32. The fourth-order valence-electron chi connectivity index (χ4n) is 1.60. The lowest BCUT2D eigenvalue weighted by molar-refractivity contribution is -0.137. The van der Waals surface area contributed by atoms with Gasteiger partial charge < -0.3 is 5.73 Å². The second-order valence-electron chi connectivity index (χ2n) is 3.85. The molecule has 94 valence electrons. The van der Waals surface area contributed by atoms with E-state index < -0.39 is 11.7 Å². The summed E-state index contributed by atoms with van der Waals surface area (Å²) in [7, 11) is 0. The smallest absolute Gasteiger partial charge is 0.382 e. The first kappa shape index (κ1) is 12.3. The number of aromatic nitrogens is 2. The monoisotopic (exact) mass is 253 g/mol. The Morgan fingerprint density at radius 1 is 1.11 bits per heavy atom. The van der Waals surface area contributed by atoms with Crippen LogP contribution >= 0.6 is 0 Å². The van der Waals surface area contributed by atoms with Crippen molar-refractivity contribution in [2.45, 2.75) is 13.1 Å². The third kappa shape index (κ3) is 2.42. The molecular weight excluding hydrogens is 243 g/mol. The van der Waals surface area contributed by atoms with Gasteiger partial charge in [-0.15, -0.1) is 0 Å². The van der Waals surface area contributed by atoms with Crippen molar-refractivity contribution >= 4 is 5.82 Å². The summed E-state index contributed by atoms with van der Waals surface area (Å²) in [4.78, 5) is 7.89. The van der Waals surface area contributed by atoms with Crippen LogP contribution < -0.4 is 5.73 Å². The fourth-order valence-corrected chi connectivity index (χ4v) is 1.60. The number of halogens is 3. The molecule has 0 aliphatic carbocycles. The molecule has 2 aromatic rings. The normalized spacial score (nSPS) is 11.6. The number of benzene rings is 1. The molecule has 0 fully saturated rings. The first-order valence-electron chi connectivity index (χ1n) is 5.13.